The fourth-order valence-corrected chi connectivity index (χ4v) is 0.881. The van der Waals surface area contributed by atoms with Gasteiger partial charge in [-0.2, -0.15) is 8.78 Å². The molecule has 0 saturated carbocycles. The minimum Gasteiger partial charge on any atom is -0.247 e. The predicted octanol–water partition coefficient (Wildman–Crippen LogP) is 2.33. The molecule has 0 radical (unpaired) electrons. The van der Waals surface area contributed by atoms with Crippen LogP contribution in [0.25, 0.3) is 0 Å². The molecule has 0 aromatic rings. The number of halogens is 2. The lowest BCUT2D eigenvalue weighted by molar-refractivity contribution is -0.0266. The zero-order valence-electron chi connectivity index (χ0n) is 6.61. The average Bonchev–Trinajstić information content (AvgIpc) is 1.87. The maximum absolute atomic E-state index is 12.0. The summed E-state index contributed by atoms with van der Waals surface area (Å²) in [6, 6.07) is 0. The van der Waals surface area contributed by atoms with Crippen LogP contribution in [0.4, 0.5) is 8.78 Å². The van der Waals surface area contributed by atoms with E-state index in [1.165, 1.54) is 4.90 Å². The second-order valence-corrected chi connectivity index (χ2v) is 2.31. The molecular formula is C7H15F2N. The van der Waals surface area contributed by atoms with Crippen molar-refractivity contribution in [3.05, 3.63) is 0 Å². The first-order chi connectivity index (χ1) is 4.72. The van der Waals surface area contributed by atoms with Gasteiger partial charge in [0.2, 0.25) is 0 Å². The fourth-order valence-electron chi connectivity index (χ4n) is 0.881. The monoisotopic (exact) mass is 151 g/mol. The molecule has 0 aromatic carbocycles. The molecular weight excluding hydrogens is 136 g/mol. The highest BCUT2D eigenvalue weighted by atomic mass is 19.3. The van der Waals surface area contributed by atoms with Gasteiger partial charge in [0.15, 0.2) is 0 Å². The lowest BCUT2D eigenvalue weighted by atomic mass is 10.4. The van der Waals surface area contributed by atoms with Gasteiger partial charge in [-0.3, -0.25) is 0 Å². The highest BCUT2D eigenvalue weighted by Gasteiger charge is 2.12. The molecule has 0 rings (SSSR count). The molecule has 0 spiro atoms. The van der Waals surface area contributed by atoms with Gasteiger partial charge in [-0.15, -0.1) is 0 Å². The summed E-state index contributed by atoms with van der Waals surface area (Å²) in [6.45, 7) is 2.55. The highest BCUT2D eigenvalue weighted by molar-refractivity contribution is 4.51. The SMILES string of the molecule is CCCN(CCC)C(F)F. The molecule has 0 aliphatic rings. The summed E-state index contributed by atoms with van der Waals surface area (Å²) in [5.41, 5.74) is 0. The zero-order chi connectivity index (χ0) is 7.98. The van der Waals surface area contributed by atoms with Crippen molar-refractivity contribution in [1.82, 2.24) is 4.90 Å². The highest BCUT2D eigenvalue weighted by Crippen LogP contribution is 2.03. The minimum atomic E-state index is -2.28. The molecule has 3 heteroatoms. The third-order valence-corrected chi connectivity index (χ3v) is 1.30. The number of rotatable bonds is 5. The Bertz CT molecular complexity index is 70.0. The first-order valence-corrected chi connectivity index (χ1v) is 3.74. The first-order valence-electron chi connectivity index (χ1n) is 3.74. The van der Waals surface area contributed by atoms with Crippen LogP contribution in [-0.2, 0) is 0 Å². The smallest absolute Gasteiger partial charge is 0.247 e. The van der Waals surface area contributed by atoms with Crippen molar-refractivity contribution in [3.63, 3.8) is 0 Å². The van der Waals surface area contributed by atoms with Crippen LogP contribution in [0.5, 0.6) is 0 Å². The van der Waals surface area contributed by atoms with Crippen molar-refractivity contribution in [2.24, 2.45) is 0 Å². The summed E-state index contributed by atoms with van der Waals surface area (Å²) >= 11 is 0. The molecule has 0 N–H and O–H groups in total. The Balaban J connectivity index is 3.50. The predicted molar refractivity (Wildman–Crippen MR) is 38.2 cm³/mol. The maximum Gasteiger partial charge on any atom is 0.294 e. The van der Waals surface area contributed by atoms with Crippen LogP contribution >= 0.6 is 0 Å². The van der Waals surface area contributed by atoms with Crippen molar-refractivity contribution in [1.29, 1.82) is 0 Å². The van der Waals surface area contributed by atoms with Gasteiger partial charge in [0, 0.05) is 13.1 Å². The van der Waals surface area contributed by atoms with Gasteiger partial charge >= 0.3 is 0 Å². The van der Waals surface area contributed by atoms with Crippen molar-refractivity contribution in [2.45, 2.75) is 33.2 Å². The Labute approximate surface area is 61.0 Å². The number of hydrogen-bond acceptors (Lipinski definition) is 1. The zero-order valence-corrected chi connectivity index (χ0v) is 6.61. The Morgan fingerprint density at radius 3 is 1.70 bits per heavy atom. The van der Waals surface area contributed by atoms with E-state index in [2.05, 4.69) is 0 Å². The lowest BCUT2D eigenvalue weighted by Crippen LogP contribution is -2.30. The standard InChI is InChI=1S/C7H15F2N/c1-3-5-10(6-4-2)7(8)9/h7H,3-6H2,1-2H3. The molecule has 0 unspecified atom stereocenters. The van der Waals surface area contributed by atoms with Gasteiger partial charge in [-0.1, -0.05) is 13.8 Å². The maximum atomic E-state index is 12.0. The van der Waals surface area contributed by atoms with Crippen molar-refractivity contribution in [3.8, 4) is 0 Å². The van der Waals surface area contributed by atoms with E-state index in [9.17, 15) is 8.78 Å². The van der Waals surface area contributed by atoms with Crippen molar-refractivity contribution < 1.29 is 8.78 Å². The van der Waals surface area contributed by atoms with Gasteiger partial charge in [0.05, 0.1) is 0 Å². The summed E-state index contributed by atoms with van der Waals surface area (Å²) in [6.07, 6.45) is 1.59. The Morgan fingerprint density at radius 1 is 1.10 bits per heavy atom. The molecule has 0 aromatic heterocycles. The van der Waals surface area contributed by atoms with E-state index in [1.54, 1.807) is 0 Å². The molecule has 0 aliphatic heterocycles. The summed E-state index contributed by atoms with van der Waals surface area (Å²) < 4.78 is 24.0. The van der Waals surface area contributed by atoms with Crippen LogP contribution in [0.15, 0.2) is 0 Å². The molecule has 0 saturated heterocycles. The van der Waals surface area contributed by atoms with Crippen LogP contribution in [0.3, 0.4) is 0 Å². The van der Waals surface area contributed by atoms with Crippen molar-refractivity contribution >= 4 is 0 Å². The Kier molecular flexibility index (Phi) is 5.49. The first kappa shape index (κ1) is 9.82. The van der Waals surface area contributed by atoms with Crippen LogP contribution in [-0.4, -0.2) is 24.5 Å². The Morgan fingerprint density at radius 2 is 1.50 bits per heavy atom. The lowest BCUT2D eigenvalue weighted by Gasteiger charge is -2.18. The van der Waals surface area contributed by atoms with E-state index in [-0.39, 0.29) is 0 Å². The second kappa shape index (κ2) is 5.59. The van der Waals surface area contributed by atoms with Crippen molar-refractivity contribution in [2.75, 3.05) is 13.1 Å². The second-order valence-electron chi connectivity index (χ2n) is 2.31. The molecule has 1 nitrogen and oxygen atoms in total. The normalized spacial score (nSPS) is 11.4. The van der Waals surface area contributed by atoms with E-state index in [0.29, 0.717) is 13.1 Å². The van der Waals surface area contributed by atoms with E-state index in [0.717, 1.165) is 12.8 Å². The quantitative estimate of drug-likeness (QED) is 0.545. The summed E-state index contributed by atoms with van der Waals surface area (Å²) in [5, 5.41) is 0. The van der Waals surface area contributed by atoms with E-state index in [4.69, 9.17) is 0 Å². The summed E-state index contributed by atoms with van der Waals surface area (Å²) in [4.78, 5) is 1.19. The topological polar surface area (TPSA) is 3.24 Å². The number of hydrogen-bond donors (Lipinski definition) is 0. The fraction of sp³-hybridized carbons (Fsp3) is 1.00. The molecule has 0 fully saturated rings. The van der Waals surface area contributed by atoms with E-state index >= 15 is 0 Å². The van der Waals surface area contributed by atoms with E-state index < -0.39 is 6.55 Å². The van der Waals surface area contributed by atoms with Gasteiger partial charge < -0.3 is 0 Å². The third kappa shape index (κ3) is 3.77. The molecule has 0 atom stereocenters. The Hall–Kier alpha value is -0.180. The molecule has 0 aliphatic carbocycles. The molecule has 0 heterocycles. The third-order valence-electron chi connectivity index (χ3n) is 1.30. The summed E-state index contributed by atoms with van der Waals surface area (Å²) in [7, 11) is 0. The van der Waals surface area contributed by atoms with Crippen LogP contribution in [0.2, 0.25) is 0 Å². The largest absolute Gasteiger partial charge is 0.294 e. The molecule has 10 heavy (non-hydrogen) atoms. The van der Waals surface area contributed by atoms with Gasteiger partial charge in [-0.05, 0) is 12.8 Å². The van der Waals surface area contributed by atoms with Crippen LogP contribution in [0, 0.1) is 0 Å². The average molecular weight is 151 g/mol. The number of nitrogens with zero attached hydrogens (tertiary/aromatic N) is 1. The van der Waals surface area contributed by atoms with Gasteiger partial charge in [-0.25, -0.2) is 4.90 Å². The molecule has 0 bridgehead atoms. The molecule has 62 valence electrons. The van der Waals surface area contributed by atoms with Crippen LogP contribution < -0.4 is 0 Å². The minimum absolute atomic E-state index is 0.505. The number of alkyl halides is 2. The van der Waals surface area contributed by atoms with E-state index in [1.807, 2.05) is 13.8 Å². The summed E-state index contributed by atoms with van der Waals surface area (Å²) in [5.74, 6) is 0. The van der Waals surface area contributed by atoms with Crippen LogP contribution in [0.1, 0.15) is 26.7 Å². The molecule has 0 amide bonds. The van der Waals surface area contributed by atoms with Gasteiger partial charge in [0.25, 0.3) is 6.55 Å². The van der Waals surface area contributed by atoms with Gasteiger partial charge in [0.1, 0.15) is 0 Å².